The molecule has 194 valence electrons. The van der Waals surface area contributed by atoms with Crippen molar-refractivity contribution in [2.45, 2.75) is 26.8 Å². The molecule has 0 fully saturated rings. The average molecular weight is 587 g/mol. The molecule has 3 aromatic rings. The van der Waals surface area contributed by atoms with E-state index in [-0.39, 0.29) is 12.2 Å². The maximum Gasteiger partial charge on any atom is 0.338 e. The lowest BCUT2D eigenvalue weighted by atomic mass is 9.96. The molecule has 8 nitrogen and oxygen atoms in total. The third kappa shape index (κ3) is 5.21. The van der Waals surface area contributed by atoms with Gasteiger partial charge in [-0.15, -0.1) is 0 Å². The Balaban J connectivity index is 1.93. The summed E-state index contributed by atoms with van der Waals surface area (Å²) < 4.78 is 24.5. The minimum atomic E-state index is -0.697. The van der Waals surface area contributed by atoms with Gasteiger partial charge in [-0.05, 0) is 66.5 Å². The van der Waals surface area contributed by atoms with Crippen LogP contribution in [0.3, 0.4) is 0 Å². The standard InChI is InChI=1S/C27H27BrN2O6S/c1-6-35-18-10-8-16(9-11-18)24-23(26(32)36-7-2)15(3)29-27-30(24)25(31)22(37-27)13-17-12-19(28)21(34-5)14-20(17)33-4/h8-14,24H,6-7H2,1-5H3/b22-13+. The SMILES string of the molecule is CCOC(=O)C1=C(C)N=c2s/c(=C/c3cc(Br)c(OC)cc3OC)c(=O)n2C1c1ccc(OCC)cc1. The van der Waals surface area contributed by atoms with Gasteiger partial charge in [0.05, 0.1) is 53.8 Å². The number of aromatic nitrogens is 1. The number of methoxy groups -OCH3 is 2. The summed E-state index contributed by atoms with van der Waals surface area (Å²) in [6, 6.07) is 10.2. The Morgan fingerprint density at radius 1 is 1.11 bits per heavy atom. The van der Waals surface area contributed by atoms with E-state index in [0.29, 0.717) is 50.0 Å². The first-order valence-corrected chi connectivity index (χ1v) is 13.3. The Labute approximate surface area is 226 Å². The highest BCUT2D eigenvalue weighted by atomic mass is 79.9. The van der Waals surface area contributed by atoms with Crippen LogP contribution in [0.15, 0.2) is 61.9 Å². The fraction of sp³-hybridized carbons (Fsp3) is 0.296. The number of allylic oxidation sites excluding steroid dienone is 1. The van der Waals surface area contributed by atoms with Gasteiger partial charge in [0.2, 0.25) is 0 Å². The summed E-state index contributed by atoms with van der Waals surface area (Å²) in [6.07, 6.45) is 1.76. The molecule has 0 bridgehead atoms. The van der Waals surface area contributed by atoms with Crippen molar-refractivity contribution in [1.29, 1.82) is 0 Å². The number of benzene rings is 2. The predicted octanol–water partition coefficient (Wildman–Crippen LogP) is 3.98. The number of carbonyl (C=O) groups excluding carboxylic acids is 1. The molecule has 2 heterocycles. The molecule has 0 saturated heterocycles. The highest BCUT2D eigenvalue weighted by molar-refractivity contribution is 9.10. The smallest absolute Gasteiger partial charge is 0.338 e. The van der Waals surface area contributed by atoms with Gasteiger partial charge in [-0.3, -0.25) is 9.36 Å². The van der Waals surface area contributed by atoms with Crippen LogP contribution in [0.25, 0.3) is 6.08 Å². The van der Waals surface area contributed by atoms with Crippen LogP contribution in [0.5, 0.6) is 17.2 Å². The first-order chi connectivity index (χ1) is 17.8. The number of fused-ring (bicyclic) bond motifs is 1. The maximum atomic E-state index is 13.8. The zero-order valence-electron chi connectivity index (χ0n) is 21.2. The van der Waals surface area contributed by atoms with E-state index >= 15 is 0 Å². The van der Waals surface area contributed by atoms with Crippen LogP contribution in [0.2, 0.25) is 0 Å². The molecule has 2 aromatic carbocycles. The van der Waals surface area contributed by atoms with Gasteiger partial charge in [0, 0.05) is 11.6 Å². The van der Waals surface area contributed by atoms with Gasteiger partial charge in [-0.1, -0.05) is 23.5 Å². The monoisotopic (exact) mass is 586 g/mol. The molecule has 1 aromatic heterocycles. The van der Waals surface area contributed by atoms with Crippen molar-refractivity contribution in [2.24, 2.45) is 4.99 Å². The fourth-order valence-electron chi connectivity index (χ4n) is 4.16. The number of ether oxygens (including phenoxy) is 4. The van der Waals surface area contributed by atoms with E-state index in [2.05, 4.69) is 20.9 Å². The molecule has 0 saturated carbocycles. The maximum absolute atomic E-state index is 13.8. The first kappa shape index (κ1) is 26.7. The van der Waals surface area contributed by atoms with Crippen LogP contribution in [-0.4, -0.2) is 38.0 Å². The van der Waals surface area contributed by atoms with Gasteiger partial charge >= 0.3 is 5.97 Å². The van der Waals surface area contributed by atoms with E-state index in [9.17, 15) is 9.59 Å². The van der Waals surface area contributed by atoms with Crippen molar-refractivity contribution < 1.29 is 23.7 Å². The second-order valence-electron chi connectivity index (χ2n) is 8.03. The lowest BCUT2D eigenvalue weighted by molar-refractivity contribution is -0.139. The van der Waals surface area contributed by atoms with Crippen LogP contribution in [-0.2, 0) is 9.53 Å². The molecule has 0 N–H and O–H groups in total. The molecule has 10 heteroatoms. The van der Waals surface area contributed by atoms with Crippen LogP contribution < -0.4 is 29.1 Å². The summed E-state index contributed by atoms with van der Waals surface area (Å²) in [5.74, 6) is 1.37. The highest BCUT2D eigenvalue weighted by Gasteiger charge is 2.33. The second kappa shape index (κ2) is 11.4. The Kier molecular flexibility index (Phi) is 8.19. The van der Waals surface area contributed by atoms with Crippen molar-refractivity contribution in [3.63, 3.8) is 0 Å². The number of rotatable bonds is 8. The van der Waals surface area contributed by atoms with Crippen LogP contribution in [0, 0.1) is 0 Å². The molecule has 0 aliphatic carbocycles. The first-order valence-electron chi connectivity index (χ1n) is 11.7. The van der Waals surface area contributed by atoms with Gasteiger partial charge in [-0.25, -0.2) is 9.79 Å². The van der Waals surface area contributed by atoms with Gasteiger partial charge in [0.15, 0.2) is 4.80 Å². The Bertz CT molecular complexity index is 1540. The summed E-state index contributed by atoms with van der Waals surface area (Å²) in [4.78, 5) is 32.0. The largest absolute Gasteiger partial charge is 0.496 e. The van der Waals surface area contributed by atoms with Crippen LogP contribution in [0.1, 0.15) is 37.9 Å². The van der Waals surface area contributed by atoms with Crippen molar-refractivity contribution in [2.75, 3.05) is 27.4 Å². The van der Waals surface area contributed by atoms with Gasteiger partial charge in [0.1, 0.15) is 17.2 Å². The van der Waals surface area contributed by atoms with Crippen molar-refractivity contribution in [3.8, 4) is 17.2 Å². The zero-order valence-corrected chi connectivity index (χ0v) is 23.6. The van der Waals surface area contributed by atoms with Crippen LogP contribution in [0.4, 0.5) is 0 Å². The quantitative estimate of drug-likeness (QED) is 0.371. The number of esters is 1. The Hall–Kier alpha value is -3.37. The van der Waals surface area contributed by atoms with Crippen molar-refractivity contribution >= 4 is 39.3 Å². The lowest BCUT2D eigenvalue weighted by Gasteiger charge is -2.24. The Morgan fingerprint density at radius 3 is 2.43 bits per heavy atom. The Morgan fingerprint density at radius 2 is 1.81 bits per heavy atom. The molecular weight excluding hydrogens is 560 g/mol. The molecule has 0 amide bonds. The van der Waals surface area contributed by atoms with Crippen molar-refractivity contribution in [3.05, 3.63) is 83.0 Å². The molecule has 1 unspecified atom stereocenters. The van der Waals surface area contributed by atoms with Gasteiger partial charge < -0.3 is 18.9 Å². The summed E-state index contributed by atoms with van der Waals surface area (Å²) in [6.45, 7) is 6.16. The third-order valence-corrected chi connectivity index (χ3v) is 7.42. The minimum Gasteiger partial charge on any atom is -0.496 e. The number of nitrogens with zero attached hydrogens (tertiary/aromatic N) is 2. The third-order valence-electron chi connectivity index (χ3n) is 5.81. The van der Waals surface area contributed by atoms with E-state index in [1.165, 1.54) is 11.3 Å². The molecule has 1 aliphatic heterocycles. The zero-order chi connectivity index (χ0) is 26.7. The number of hydrogen-bond acceptors (Lipinski definition) is 8. The topological polar surface area (TPSA) is 88.4 Å². The molecule has 1 aliphatic rings. The molecular formula is C27H27BrN2O6S. The summed E-state index contributed by atoms with van der Waals surface area (Å²) in [5.41, 5.74) is 2.01. The highest BCUT2D eigenvalue weighted by Crippen LogP contribution is 2.34. The normalized spacial score (nSPS) is 15.2. The molecule has 37 heavy (non-hydrogen) atoms. The van der Waals surface area contributed by atoms with Gasteiger partial charge in [0.25, 0.3) is 5.56 Å². The number of thiazole rings is 1. The van der Waals surface area contributed by atoms with Crippen LogP contribution >= 0.6 is 27.3 Å². The van der Waals surface area contributed by atoms with E-state index in [0.717, 1.165) is 10.0 Å². The van der Waals surface area contributed by atoms with E-state index in [1.54, 1.807) is 44.8 Å². The lowest BCUT2D eigenvalue weighted by Crippen LogP contribution is -2.39. The molecule has 1 atom stereocenters. The van der Waals surface area contributed by atoms with Crippen molar-refractivity contribution in [1.82, 2.24) is 4.57 Å². The minimum absolute atomic E-state index is 0.210. The van der Waals surface area contributed by atoms with E-state index in [4.69, 9.17) is 18.9 Å². The number of hydrogen-bond donors (Lipinski definition) is 0. The van der Waals surface area contributed by atoms with E-state index in [1.807, 2.05) is 37.3 Å². The molecule has 4 rings (SSSR count). The number of carbonyl (C=O) groups is 1. The number of halogens is 1. The summed E-state index contributed by atoms with van der Waals surface area (Å²) in [7, 11) is 3.13. The molecule has 0 radical (unpaired) electrons. The molecule has 0 spiro atoms. The van der Waals surface area contributed by atoms with E-state index < -0.39 is 12.0 Å². The fourth-order valence-corrected chi connectivity index (χ4v) is 5.72. The average Bonchev–Trinajstić information content (AvgIpc) is 3.18. The summed E-state index contributed by atoms with van der Waals surface area (Å²) >= 11 is 4.74. The van der Waals surface area contributed by atoms with Gasteiger partial charge in [-0.2, -0.15) is 0 Å². The second-order valence-corrected chi connectivity index (χ2v) is 9.90. The summed E-state index contributed by atoms with van der Waals surface area (Å²) in [5, 5.41) is 0. The predicted molar refractivity (Wildman–Crippen MR) is 145 cm³/mol.